The van der Waals surface area contributed by atoms with E-state index in [9.17, 15) is 14.7 Å². The number of fused-ring (bicyclic) bond motifs is 3. The number of halogens is 1. The quantitative estimate of drug-likeness (QED) is 0.332. The van der Waals surface area contributed by atoms with Crippen LogP contribution < -0.4 is 10.1 Å². The molecule has 0 spiro atoms. The molecular formula is C28H28INO5. The summed E-state index contributed by atoms with van der Waals surface area (Å²) in [6, 6.07) is 20.5. The second-order valence-electron chi connectivity index (χ2n) is 9.54. The van der Waals surface area contributed by atoms with Crippen molar-refractivity contribution < 1.29 is 24.2 Å². The van der Waals surface area contributed by atoms with Gasteiger partial charge in [0.15, 0.2) is 0 Å². The number of nitrogens with one attached hydrogen (secondary N) is 1. The summed E-state index contributed by atoms with van der Waals surface area (Å²) in [5.74, 6) is -0.477. The Morgan fingerprint density at radius 2 is 1.60 bits per heavy atom. The van der Waals surface area contributed by atoms with E-state index in [-0.39, 0.29) is 24.5 Å². The highest BCUT2D eigenvalue weighted by Gasteiger charge is 2.30. The van der Waals surface area contributed by atoms with E-state index in [1.165, 1.54) is 0 Å². The summed E-state index contributed by atoms with van der Waals surface area (Å²) in [6.07, 6.45) is -0.618. The van der Waals surface area contributed by atoms with Crippen LogP contribution in [0.1, 0.15) is 43.4 Å². The summed E-state index contributed by atoms with van der Waals surface area (Å²) in [4.78, 5) is 24.5. The van der Waals surface area contributed by atoms with Gasteiger partial charge in [0, 0.05) is 12.3 Å². The van der Waals surface area contributed by atoms with Gasteiger partial charge in [-0.05, 0) is 83.3 Å². The number of carbonyl (C=O) groups is 2. The van der Waals surface area contributed by atoms with Gasteiger partial charge in [-0.1, -0.05) is 54.6 Å². The molecule has 0 aliphatic heterocycles. The molecule has 182 valence electrons. The molecule has 35 heavy (non-hydrogen) atoms. The highest BCUT2D eigenvalue weighted by molar-refractivity contribution is 14.1. The maximum Gasteiger partial charge on any atom is 0.407 e. The summed E-state index contributed by atoms with van der Waals surface area (Å²) in [7, 11) is 0. The van der Waals surface area contributed by atoms with Crippen LogP contribution in [0.2, 0.25) is 0 Å². The number of hydrogen-bond acceptors (Lipinski definition) is 4. The maximum atomic E-state index is 12.6. The van der Waals surface area contributed by atoms with Gasteiger partial charge in [-0.2, -0.15) is 0 Å². The molecule has 0 bridgehead atoms. The number of rotatable bonds is 7. The summed E-state index contributed by atoms with van der Waals surface area (Å²) >= 11 is 2.17. The number of carboxylic acids is 1. The fraction of sp³-hybridized carbons (Fsp3) is 0.286. The first kappa shape index (κ1) is 25.0. The molecule has 0 aromatic heterocycles. The van der Waals surface area contributed by atoms with Crippen LogP contribution in [0.15, 0.2) is 66.7 Å². The van der Waals surface area contributed by atoms with E-state index in [1.807, 2.05) is 75.4 Å². The predicted molar refractivity (Wildman–Crippen MR) is 143 cm³/mol. The number of benzene rings is 3. The third kappa shape index (κ3) is 5.96. The molecule has 0 radical (unpaired) electrons. The Hall–Kier alpha value is -3.07. The van der Waals surface area contributed by atoms with Crippen LogP contribution in [0, 0.1) is 3.57 Å². The van der Waals surface area contributed by atoms with Gasteiger partial charge >= 0.3 is 12.1 Å². The molecule has 1 amide bonds. The van der Waals surface area contributed by atoms with Gasteiger partial charge in [0.25, 0.3) is 0 Å². The molecule has 1 aliphatic carbocycles. The fourth-order valence-electron chi connectivity index (χ4n) is 4.30. The van der Waals surface area contributed by atoms with Crippen LogP contribution in [-0.4, -0.2) is 35.4 Å². The average Bonchev–Trinajstić information content (AvgIpc) is 3.12. The Balaban J connectivity index is 1.41. The Kier molecular flexibility index (Phi) is 7.35. The van der Waals surface area contributed by atoms with Gasteiger partial charge in [-0.25, -0.2) is 9.59 Å². The number of ether oxygens (including phenoxy) is 2. The lowest BCUT2D eigenvalue weighted by molar-refractivity contribution is -0.139. The number of alkyl carbamates (subject to hydrolysis) is 1. The van der Waals surface area contributed by atoms with E-state index in [0.717, 1.165) is 37.1 Å². The molecular weight excluding hydrogens is 557 g/mol. The standard InChI is InChI=1S/C28H28INO5/c1-28(2,3)35-25-13-12-17(14-23(25)29)15-24(26(31)32)30-27(33)34-16-22-20-10-6-4-8-18(20)19-9-5-7-11-21(19)22/h4-14,22,24H,15-16H2,1-3H3,(H,30,33)(H,31,32)/t24-/m0/s1. The van der Waals surface area contributed by atoms with Crippen molar-refractivity contribution >= 4 is 34.7 Å². The van der Waals surface area contributed by atoms with Crippen LogP contribution in [0.25, 0.3) is 11.1 Å². The van der Waals surface area contributed by atoms with Gasteiger partial charge in [0.2, 0.25) is 0 Å². The molecule has 6 nitrogen and oxygen atoms in total. The number of hydrogen-bond donors (Lipinski definition) is 2. The second-order valence-corrected chi connectivity index (χ2v) is 10.7. The zero-order valence-corrected chi connectivity index (χ0v) is 22.0. The minimum absolute atomic E-state index is 0.0895. The minimum atomic E-state index is -1.12. The molecule has 0 saturated carbocycles. The smallest absolute Gasteiger partial charge is 0.407 e. The van der Waals surface area contributed by atoms with Gasteiger partial charge < -0.3 is 19.9 Å². The second kappa shape index (κ2) is 10.3. The zero-order valence-electron chi connectivity index (χ0n) is 19.9. The first-order valence-corrected chi connectivity index (χ1v) is 12.5. The fourth-order valence-corrected chi connectivity index (χ4v) is 4.99. The monoisotopic (exact) mass is 585 g/mol. The van der Waals surface area contributed by atoms with Crippen LogP contribution in [0.5, 0.6) is 5.75 Å². The third-order valence-electron chi connectivity index (χ3n) is 5.79. The molecule has 0 saturated heterocycles. The first-order chi connectivity index (χ1) is 16.6. The van der Waals surface area contributed by atoms with Gasteiger partial charge in [-0.15, -0.1) is 0 Å². The summed E-state index contributed by atoms with van der Waals surface area (Å²) in [5, 5.41) is 12.2. The maximum absolute atomic E-state index is 12.6. The summed E-state index contributed by atoms with van der Waals surface area (Å²) in [5.41, 5.74) is 4.91. The topological polar surface area (TPSA) is 84.9 Å². The van der Waals surface area contributed by atoms with Crippen molar-refractivity contribution in [3.8, 4) is 16.9 Å². The number of amides is 1. The molecule has 4 rings (SSSR count). The summed E-state index contributed by atoms with van der Waals surface area (Å²) < 4.78 is 12.3. The van der Waals surface area contributed by atoms with Crippen LogP contribution in [-0.2, 0) is 16.0 Å². The molecule has 1 aliphatic rings. The van der Waals surface area contributed by atoms with E-state index < -0.39 is 18.1 Å². The SMILES string of the molecule is CC(C)(C)Oc1ccc(C[C@H](NC(=O)OCC2c3ccccc3-c3ccccc32)C(=O)O)cc1I. The van der Waals surface area contributed by atoms with Crippen molar-refractivity contribution in [3.63, 3.8) is 0 Å². The lowest BCUT2D eigenvalue weighted by Gasteiger charge is -2.22. The molecule has 2 N–H and O–H groups in total. The van der Waals surface area contributed by atoms with Crippen molar-refractivity contribution in [3.05, 3.63) is 87.0 Å². The molecule has 3 aromatic rings. The molecule has 0 heterocycles. The number of carboxylic acid groups (broad SMARTS) is 1. The lowest BCUT2D eigenvalue weighted by atomic mass is 9.98. The van der Waals surface area contributed by atoms with Gasteiger partial charge in [0.05, 0.1) is 3.57 Å². The summed E-state index contributed by atoms with van der Waals surface area (Å²) in [6.45, 7) is 6.03. The van der Waals surface area contributed by atoms with Crippen LogP contribution >= 0.6 is 22.6 Å². The van der Waals surface area contributed by atoms with E-state index in [1.54, 1.807) is 0 Å². The van der Waals surface area contributed by atoms with Crippen molar-refractivity contribution in [1.82, 2.24) is 5.32 Å². The van der Waals surface area contributed by atoms with Crippen LogP contribution in [0.3, 0.4) is 0 Å². The van der Waals surface area contributed by atoms with E-state index >= 15 is 0 Å². The number of aliphatic carboxylic acids is 1. The van der Waals surface area contributed by atoms with Gasteiger partial charge in [0.1, 0.15) is 24.0 Å². The Labute approximate surface area is 218 Å². The van der Waals surface area contributed by atoms with Crippen molar-refractivity contribution in [1.29, 1.82) is 0 Å². The molecule has 3 aromatic carbocycles. The van der Waals surface area contributed by atoms with E-state index in [4.69, 9.17) is 9.47 Å². The number of carbonyl (C=O) groups excluding carboxylic acids is 1. The predicted octanol–water partition coefficient (Wildman–Crippen LogP) is 6.00. The Bertz CT molecular complexity index is 1200. The Morgan fingerprint density at radius 3 is 2.14 bits per heavy atom. The highest BCUT2D eigenvalue weighted by Crippen LogP contribution is 2.44. The minimum Gasteiger partial charge on any atom is -0.487 e. The normalized spacial score (nSPS) is 13.5. The van der Waals surface area contributed by atoms with Crippen LogP contribution in [0.4, 0.5) is 4.79 Å². The average molecular weight is 585 g/mol. The molecule has 0 fully saturated rings. The molecule has 0 unspecified atom stereocenters. The van der Waals surface area contributed by atoms with E-state index in [2.05, 4.69) is 40.0 Å². The van der Waals surface area contributed by atoms with Crippen molar-refractivity contribution in [2.75, 3.05) is 6.61 Å². The largest absolute Gasteiger partial charge is 0.487 e. The van der Waals surface area contributed by atoms with Gasteiger partial charge in [-0.3, -0.25) is 0 Å². The Morgan fingerprint density at radius 1 is 1.00 bits per heavy atom. The third-order valence-corrected chi connectivity index (χ3v) is 6.63. The van der Waals surface area contributed by atoms with Crippen molar-refractivity contribution in [2.45, 2.75) is 44.8 Å². The van der Waals surface area contributed by atoms with E-state index in [0.29, 0.717) is 0 Å². The lowest BCUT2D eigenvalue weighted by Crippen LogP contribution is -2.42. The highest BCUT2D eigenvalue weighted by atomic mass is 127. The zero-order chi connectivity index (χ0) is 25.2. The molecule has 7 heteroatoms. The first-order valence-electron chi connectivity index (χ1n) is 11.4. The van der Waals surface area contributed by atoms with Crippen molar-refractivity contribution in [2.24, 2.45) is 0 Å². The molecule has 1 atom stereocenters.